The van der Waals surface area contributed by atoms with Gasteiger partial charge in [-0.3, -0.25) is 9.59 Å². The van der Waals surface area contributed by atoms with Crippen LogP contribution in [0.25, 0.3) is 0 Å². The van der Waals surface area contributed by atoms with E-state index in [2.05, 4.69) is 14.8 Å². The van der Waals surface area contributed by atoms with Gasteiger partial charge in [-0.1, -0.05) is 0 Å². The second-order valence-corrected chi connectivity index (χ2v) is 5.49. The fourth-order valence-corrected chi connectivity index (χ4v) is 2.44. The molecule has 1 heterocycles. The standard InChI is InChI=1S/C17H18N2O7/c1-25-15(21)8-13(17(24)26-2)18-11-3-5-12(6-4-11)19-9-10(16(22)23)7-14(19)20/h3-6,8,10,18H,7,9H2,1-2H3,(H,22,23)/b13-8+. The van der Waals surface area contributed by atoms with Crippen LogP contribution in [0.15, 0.2) is 36.0 Å². The lowest BCUT2D eigenvalue weighted by atomic mass is 10.1. The first-order valence-electron chi connectivity index (χ1n) is 7.64. The largest absolute Gasteiger partial charge is 0.481 e. The molecule has 1 aliphatic rings. The Labute approximate surface area is 149 Å². The minimum atomic E-state index is -1.00. The first-order chi connectivity index (χ1) is 12.3. The molecule has 9 heteroatoms. The molecule has 1 amide bonds. The number of benzene rings is 1. The summed E-state index contributed by atoms with van der Waals surface area (Å²) in [6, 6.07) is 6.39. The van der Waals surface area contributed by atoms with Crippen molar-refractivity contribution in [2.75, 3.05) is 31.0 Å². The molecule has 1 aromatic carbocycles. The van der Waals surface area contributed by atoms with Gasteiger partial charge in [-0.05, 0) is 24.3 Å². The van der Waals surface area contributed by atoms with Crippen molar-refractivity contribution in [3.8, 4) is 0 Å². The van der Waals surface area contributed by atoms with Crippen molar-refractivity contribution in [3.05, 3.63) is 36.0 Å². The van der Waals surface area contributed by atoms with Crippen molar-refractivity contribution >= 4 is 35.2 Å². The number of hydrogen-bond acceptors (Lipinski definition) is 7. The number of carboxylic acids is 1. The van der Waals surface area contributed by atoms with Gasteiger partial charge in [-0.25, -0.2) is 9.59 Å². The number of esters is 2. The van der Waals surface area contributed by atoms with Gasteiger partial charge >= 0.3 is 17.9 Å². The molecule has 0 radical (unpaired) electrons. The summed E-state index contributed by atoms with van der Waals surface area (Å²) in [7, 11) is 2.36. The van der Waals surface area contributed by atoms with Crippen LogP contribution in [-0.2, 0) is 28.7 Å². The van der Waals surface area contributed by atoms with Crippen LogP contribution < -0.4 is 10.2 Å². The van der Waals surface area contributed by atoms with Gasteiger partial charge in [-0.15, -0.1) is 0 Å². The fourth-order valence-electron chi connectivity index (χ4n) is 2.44. The summed E-state index contributed by atoms with van der Waals surface area (Å²) in [4.78, 5) is 47.4. The van der Waals surface area contributed by atoms with Gasteiger partial charge in [0.15, 0.2) is 0 Å². The van der Waals surface area contributed by atoms with Crippen molar-refractivity contribution in [2.24, 2.45) is 5.92 Å². The highest BCUT2D eigenvalue weighted by molar-refractivity contribution is 6.00. The van der Waals surface area contributed by atoms with Crippen molar-refractivity contribution in [1.82, 2.24) is 0 Å². The van der Waals surface area contributed by atoms with E-state index in [0.717, 1.165) is 6.08 Å². The minimum absolute atomic E-state index is 0.0380. The average molecular weight is 362 g/mol. The lowest BCUT2D eigenvalue weighted by Gasteiger charge is -2.17. The molecule has 1 fully saturated rings. The summed E-state index contributed by atoms with van der Waals surface area (Å²) in [5.74, 6) is -3.47. The van der Waals surface area contributed by atoms with Crippen LogP contribution in [-0.4, -0.2) is 49.7 Å². The maximum absolute atomic E-state index is 12.0. The van der Waals surface area contributed by atoms with E-state index in [0.29, 0.717) is 11.4 Å². The van der Waals surface area contributed by atoms with Gasteiger partial charge in [0, 0.05) is 24.3 Å². The lowest BCUT2D eigenvalue weighted by Crippen LogP contribution is -2.25. The van der Waals surface area contributed by atoms with E-state index in [4.69, 9.17) is 5.11 Å². The zero-order valence-electron chi connectivity index (χ0n) is 14.2. The molecular formula is C17H18N2O7. The first-order valence-corrected chi connectivity index (χ1v) is 7.64. The zero-order valence-corrected chi connectivity index (χ0v) is 14.2. The summed E-state index contributed by atoms with van der Waals surface area (Å²) in [5.41, 5.74) is 0.895. The predicted molar refractivity (Wildman–Crippen MR) is 90.3 cm³/mol. The van der Waals surface area contributed by atoms with Crippen LogP contribution in [0.5, 0.6) is 0 Å². The number of ether oxygens (including phenoxy) is 2. The number of carboxylic acid groups (broad SMARTS) is 1. The summed E-state index contributed by atoms with van der Waals surface area (Å²) < 4.78 is 9.08. The maximum atomic E-state index is 12.0. The molecule has 0 aliphatic carbocycles. The van der Waals surface area contributed by atoms with Gasteiger partial charge in [0.2, 0.25) is 5.91 Å². The second kappa shape index (κ2) is 8.15. The third-order valence-electron chi connectivity index (χ3n) is 3.80. The SMILES string of the molecule is COC(=O)/C=C(/Nc1ccc(N2CC(C(=O)O)CC2=O)cc1)C(=O)OC. The monoisotopic (exact) mass is 362 g/mol. The molecule has 1 saturated heterocycles. The van der Waals surface area contributed by atoms with Gasteiger partial charge in [-0.2, -0.15) is 0 Å². The third-order valence-corrected chi connectivity index (χ3v) is 3.80. The van der Waals surface area contributed by atoms with E-state index in [9.17, 15) is 19.2 Å². The number of rotatable bonds is 6. The normalized spacial score (nSPS) is 17.0. The Morgan fingerprint density at radius 1 is 1.19 bits per heavy atom. The zero-order chi connectivity index (χ0) is 19.3. The van der Waals surface area contributed by atoms with Crippen LogP contribution in [0.2, 0.25) is 0 Å². The lowest BCUT2D eigenvalue weighted by molar-refractivity contribution is -0.141. The maximum Gasteiger partial charge on any atom is 0.354 e. The van der Waals surface area contributed by atoms with Gasteiger partial charge in [0.1, 0.15) is 5.70 Å². The van der Waals surface area contributed by atoms with E-state index in [1.165, 1.54) is 19.1 Å². The molecule has 9 nitrogen and oxygen atoms in total. The number of carbonyl (C=O) groups excluding carboxylic acids is 3. The van der Waals surface area contributed by atoms with Crippen LogP contribution in [0.3, 0.4) is 0 Å². The predicted octanol–water partition coefficient (Wildman–Crippen LogP) is 0.766. The van der Waals surface area contributed by atoms with E-state index in [1.807, 2.05) is 0 Å². The van der Waals surface area contributed by atoms with Crippen LogP contribution in [0, 0.1) is 5.92 Å². The quantitative estimate of drug-likeness (QED) is 0.562. The molecule has 138 valence electrons. The fraction of sp³-hybridized carbons (Fsp3) is 0.294. The molecule has 0 bridgehead atoms. The highest BCUT2D eigenvalue weighted by Gasteiger charge is 2.34. The Morgan fingerprint density at radius 3 is 2.35 bits per heavy atom. The summed E-state index contributed by atoms with van der Waals surface area (Å²) in [6.45, 7) is 0.108. The molecule has 1 aromatic rings. The van der Waals surface area contributed by atoms with Gasteiger partial charge in [0.05, 0.1) is 26.2 Å². The third kappa shape index (κ3) is 4.38. The number of anilines is 2. The summed E-state index contributed by atoms with van der Waals surface area (Å²) in [5, 5.41) is 11.8. The summed E-state index contributed by atoms with van der Waals surface area (Å²) >= 11 is 0. The van der Waals surface area contributed by atoms with E-state index >= 15 is 0 Å². The van der Waals surface area contributed by atoms with Gasteiger partial charge < -0.3 is 24.8 Å². The number of amides is 1. The van der Waals surface area contributed by atoms with Crippen molar-refractivity contribution < 1.29 is 33.8 Å². The Hall–Kier alpha value is -3.36. The highest BCUT2D eigenvalue weighted by Crippen LogP contribution is 2.26. The molecule has 0 aromatic heterocycles. The number of aliphatic carboxylic acids is 1. The molecule has 2 N–H and O–H groups in total. The van der Waals surface area contributed by atoms with E-state index < -0.39 is 23.8 Å². The highest BCUT2D eigenvalue weighted by atomic mass is 16.5. The molecule has 0 spiro atoms. The van der Waals surface area contributed by atoms with E-state index in [-0.39, 0.29) is 24.6 Å². The topological polar surface area (TPSA) is 122 Å². The second-order valence-electron chi connectivity index (χ2n) is 5.49. The number of hydrogen-bond donors (Lipinski definition) is 2. The Bertz CT molecular complexity index is 755. The Kier molecular flexibility index (Phi) is 5.94. The molecule has 26 heavy (non-hydrogen) atoms. The first kappa shape index (κ1) is 19.0. The van der Waals surface area contributed by atoms with Crippen molar-refractivity contribution in [1.29, 1.82) is 0 Å². The van der Waals surface area contributed by atoms with E-state index in [1.54, 1.807) is 24.3 Å². The molecular weight excluding hydrogens is 344 g/mol. The van der Waals surface area contributed by atoms with Crippen molar-refractivity contribution in [2.45, 2.75) is 6.42 Å². The molecule has 1 unspecified atom stereocenters. The van der Waals surface area contributed by atoms with Gasteiger partial charge in [0.25, 0.3) is 0 Å². The summed E-state index contributed by atoms with van der Waals surface area (Å²) in [6.07, 6.45) is 0.922. The minimum Gasteiger partial charge on any atom is -0.481 e. The van der Waals surface area contributed by atoms with Crippen molar-refractivity contribution in [3.63, 3.8) is 0 Å². The molecule has 0 saturated carbocycles. The average Bonchev–Trinajstić information content (AvgIpc) is 3.03. The van der Waals surface area contributed by atoms with Crippen LogP contribution in [0.4, 0.5) is 11.4 Å². The number of methoxy groups -OCH3 is 2. The Morgan fingerprint density at radius 2 is 1.85 bits per heavy atom. The molecule has 1 aliphatic heterocycles. The van der Waals surface area contributed by atoms with Crippen LogP contribution in [0.1, 0.15) is 6.42 Å². The number of nitrogens with zero attached hydrogens (tertiary/aromatic N) is 1. The molecule has 2 rings (SSSR count). The molecule has 1 atom stereocenters. The smallest absolute Gasteiger partial charge is 0.354 e. The number of nitrogens with one attached hydrogen (secondary N) is 1. The van der Waals surface area contributed by atoms with Crippen LogP contribution >= 0.6 is 0 Å². The number of carbonyl (C=O) groups is 4. The Balaban J connectivity index is 2.15.